The lowest BCUT2D eigenvalue weighted by molar-refractivity contribution is 0.111. The molecule has 1 heterocycles. The molecule has 1 aromatic heterocycles. The normalized spacial score (nSPS) is 10.2. The first kappa shape index (κ1) is 13.1. The van der Waals surface area contributed by atoms with Crippen LogP contribution in [0.5, 0.6) is 5.75 Å². The van der Waals surface area contributed by atoms with E-state index in [1.54, 1.807) is 6.07 Å². The van der Waals surface area contributed by atoms with Gasteiger partial charge in [-0.2, -0.15) is 0 Å². The number of hydrogen-bond donors (Lipinski definition) is 0. The standard InChI is InChI=1S/C15H14O4/c1-18-14-9-12(19-15(17)13(14)10-16)8-7-11-5-3-2-4-6-11/h2-6,9-10H,7-8H2,1H3. The minimum Gasteiger partial charge on any atom is -0.496 e. The summed E-state index contributed by atoms with van der Waals surface area (Å²) < 4.78 is 10.1. The lowest BCUT2D eigenvalue weighted by Gasteiger charge is -2.05. The molecule has 1 aromatic carbocycles. The fourth-order valence-electron chi connectivity index (χ4n) is 1.84. The van der Waals surface area contributed by atoms with E-state index >= 15 is 0 Å². The second-order valence-electron chi connectivity index (χ2n) is 4.09. The van der Waals surface area contributed by atoms with Crippen LogP contribution >= 0.6 is 0 Å². The summed E-state index contributed by atoms with van der Waals surface area (Å²) in [5.41, 5.74) is 0.423. The highest BCUT2D eigenvalue weighted by Crippen LogP contribution is 2.16. The SMILES string of the molecule is COc1cc(CCc2ccccc2)oc(=O)c1C=O. The number of aldehydes is 1. The lowest BCUT2D eigenvalue weighted by Crippen LogP contribution is -2.10. The highest BCUT2D eigenvalue weighted by molar-refractivity contribution is 5.78. The molecular formula is C15H14O4. The van der Waals surface area contributed by atoms with Crippen LogP contribution < -0.4 is 10.4 Å². The van der Waals surface area contributed by atoms with Crippen molar-refractivity contribution in [1.29, 1.82) is 0 Å². The van der Waals surface area contributed by atoms with Crippen molar-refractivity contribution in [3.63, 3.8) is 0 Å². The van der Waals surface area contributed by atoms with Gasteiger partial charge in [0.2, 0.25) is 0 Å². The van der Waals surface area contributed by atoms with E-state index < -0.39 is 5.63 Å². The van der Waals surface area contributed by atoms with Crippen molar-refractivity contribution in [2.75, 3.05) is 7.11 Å². The molecule has 0 radical (unpaired) electrons. The van der Waals surface area contributed by atoms with Gasteiger partial charge in [-0.1, -0.05) is 30.3 Å². The van der Waals surface area contributed by atoms with Crippen LogP contribution in [0.3, 0.4) is 0 Å². The fraction of sp³-hybridized carbons (Fsp3) is 0.200. The van der Waals surface area contributed by atoms with E-state index in [1.165, 1.54) is 7.11 Å². The van der Waals surface area contributed by atoms with Gasteiger partial charge in [0.15, 0.2) is 6.29 Å². The number of methoxy groups -OCH3 is 1. The van der Waals surface area contributed by atoms with Gasteiger partial charge in [-0.25, -0.2) is 4.79 Å². The van der Waals surface area contributed by atoms with E-state index in [-0.39, 0.29) is 11.3 Å². The Balaban J connectivity index is 2.20. The van der Waals surface area contributed by atoms with Crippen molar-refractivity contribution in [3.05, 3.63) is 63.7 Å². The summed E-state index contributed by atoms with van der Waals surface area (Å²) in [5, 5.41) is 0. The van der Waals surface area contributed by atoms with Crippen molar-refractivity contribution >= 4 is 6.29 Å². The first-order valence-electron chi connectivity index (χ1n) is 5.94. The third kappa shape index (κ3) is 3.10. The smallest absolute Gasteiger partial charge is 0.350 e. The van der Waals surface area contributed by atoms with Gasteiger partial charge in [-0.05, 0) is 12.0 Å². The van der Waals surface area contributed by atoms with E-state index in [9.17, 15) is 9.59 Å². The predicted molar refractivity (Wildman–Crippen MR) is 70.8 cm³/mol. The minimum atomic E-state index is -0.655. The molecule has 2 rings (SSSR count). The van der Waals surface area contributed by atoms with E-state index in [1.807, 2.05) is 30.3 Å². The average Bonchev–Trinajstić information content (AvgIpc) is 2.45. The van der Waals surface area contributed by atoms with Gasteiger partial charge in [0, 0.05) is 12.5 Å². The van der Waals surface area contributed by atoms with E-state index in [0.717, 1.165) is 12.0 Å². The zero-order valence-electron chi connectivity index (χ0n) is 10.6. The molecular weight excluding hydrogens is 244 g/mol. The second kappa shape index (κ2) is 6.00. The Morgan fingerprint density at radius 1 is 1.21 bits per heavy atom. The number of rotatable bonds is 5. The summed E-state index contributed by atoms with van der Waals surface area (Å²) in [6.45, 7) is 0. The number of hydrogen-bond acceptors (Lipinski definition) is 4. The molecule has 0 saturated heterocycles. The molecule has 0 bridgehead atoms. The van der Waals surface area contributed by atoms with Gasteiger partial charge in [-0.15, -0.1) is 0 Å². The van der Waals surface area contributed by atoms with Gasteiger partial charge < -0.3 is 9.15 Å². The highest BCUT2D eigenvalue weighted by atomic mass is 16.5. The zero-order valence-corrected chi connectivity index (χ0v) is 10.6. The quantitative estimate of drug-likeness (QED) is 0.772. The summed E-state index contributed by atoms with van der Waals surface area (Å²) >= 11 is 0. The van der Waals surface area contributed by atoms with Crippen LogP contribution in [-0.2, 0) is 12.8 Å². The first-order valence-corrected chi connectivity index (χ1v) is 5.94. The van der Waals surface area contributed by atoms with Gasteiger partial charge in [0.05, 0.1) is 7.11 Å². The Labute approximate surface area is 110 Å². The summed E-state index contributed by atoms with van der Waals surface area (Å²) in [6.07, 6.45) is 1.79. The van der Waals surface area contributed by atoms with E-state index in [2.05, 4.69) is 0 Å². The molecule has 98 valence electrons. The van der Waals surface area contributed by atoms with Crippen LogP contribution in [0.4, 0.5) is 0 Å². The Hall–Kier alpha value is -2.36. The Kier molecular flexibility index (Phi) is 4.13. The van der Waals surface area contributed by atoms with Crippen LogP contribution in [0.25, 0.3) is 0 Å². The van der Waals surface area contributed by atoms with Crippen molar-refractivity contribution < 1.29 is 13.9 Å². The molecule has 2 aromatic rings. The Bertz CT molecular complexity index is 614. The molecule has 19 heavy (non-hydrogen) atoms. The third-order valence-corrected chi connectivity index (χ3v) is 2.84. The monoisotopic (exact) mass is 258 g/mol. The summed E-state index contributed by atoms with van der Waals surface area (Å²) in [4.78, 5) is 22.3. The fourth-order valence-corrected chi connectivity index (χ4v) is 1.84. The maximum atomic E-state index is 11.6. The molecule has 0 saturated carbocycles. The number of aryl methyl sites for hydroxylation is 2. The van der Waals surface area contributed by atoms with Crippen LogP contribution in [0.15, 0.2) is 45.6 Å². The number of carbonyl (C=O) groups is 1. The number of carbonyl (C=O) groups excluding carboxylic acids is 1. The van der Waals surface area contributed by atoms with Crippen LogP contribution in [0.1, 0.15) is 21.7 Å². The summed E-state index contributed by atoms with van der Waals surface area (Å²) in [5.74, 6) is 0.769. The number of ether oxygens (including phenoxy) is 1. The Morgan fingerprint density at radius 2 is 1.95 bits per heavy atom. The van der Waals surface area contributed by atoms with Gasteiger partial charge in [0.25, 0.3) is 0 Å². The molecule has 0 aliphatic heterocycles. The summed E-state index contributed by atoms with van der Waals surface area (Å²) in [7, 11) is 1.42. The van der Waals surface area contributed by atoms with Gasteiger partial charge in [-0.3, -0.25) is 4.79 Å². The molecule has 0 unspecified atom stereocenters. The maximum Gasteiger partial charge on any atom is 0.350 e. The predicted octanol–water partition coefficient (Wildman–Crippen LogP) is 2.25. The van der Waals surface area contributed by atoms with Crippen molar-refractivity contribution in [2.45, 2.75) is 12.8 Å². The lowest BCUT2D eigenvalue weighted by atomic mass is 10.1. The van der Waals surface area contributed by atoms with Crippen LogP contribution in [0, 0.1) is 0 Å². The van der Waals surface area contributed by atoms with Gasteiger partial charge >= 0.3 is 5.63 Å². The largest absolute Gasteiger partial charge is 0.496 e. The summed E-state index contributed by atoms with van der Waals surface area (Å²) in [6, 6.07) is 11.5. The molecule has 0 aliphatic rings. The van der Waals surface area contributed by atoms with Gasteiger partial charge in [0.1, 0.15) is 17.1 Å². The average molecular weight is 258 g/mol. The van der Waals surface area contributed by atoms with E-state index in [4.69, 9.17) is 9.15 Å². The molecule has 4 nitrogen and oxygen atoms in total. The van der Waals surface area contributed by atoms with Crippen molar-refractivity contribution in [3.8, 4) is 5.75 Å². The zero-order chi connectivity index (χ0) is 13.7. The third-order valence-electron chi connectivity index (χ3n) is 2.84. The second-order valence-corrected chi connectivity index (χ2v) is 4.09. The van der Waals surface area contributed by atoms with Crippen LogP contribution in [-0.4, -0.2) is 13.4 Å². The minimum absolute atomic E-state index is 0.0778. The first-order chi connectivity index (χ1) is 9.24. The molecule has 0 N–H and O–H groups in total. The topological polar surface area (TPSA) is 56.5 Å². The van der Waals surface area contributed by atoms with Crippen LogP contribution in [0.2, 0.25) is 0 Å². The van der Waals surface area contributed by atoms with Crippen molar-refractivity contribution in [1.82, 2.24) is 0 Å². The molecule has 0 atom stereocenters. The molecule has 0 aliphatic carbocycles. The maximum absolute atomic E-state index is 11.6. The highest BCUT2D eigenvalue weighted by Gasteiger charge is 2.11. The van der Waals surface area contributed by atoms with Crippen molar-refractivity contribution in [2.24, 2.45) is 0 Å². The molecule has 0 amide bonds. The Morgan fingerprint density at radius 3 is 2.58 bits per heavy atom. The van der Waals surface area contributed by atoms with E-state index in [0.29, 0.717) is 18.5 Å². The molecule has 4 heteroatoms. The molecule has 0 spiro atoms. The number of benzene rings is 1. The molecule has 0 fully saturated rings.